The van der Waals surface area contributed by atoms with Gasteiger partial charge in [0.25, 0.3) is 0 Å². The van der Waals surface area contributed by atoms with E-state index < -0.39 is 8.07 Å². The zero-order chi connectivity index (χ0) is 15.5. The van der Waals surface area contributed by atoms with Gasteiger partial charge in [-0.3, -0.25) is 0 Å². The maximum Gasteiger partial charge on any atom is 0.157 e. The summed E-state index contributed by atoms with van der Waals surface area (Å²) in [5.41, 5.74) is 3.24. The molecule has 0 radical (unpaired) electrons. The average molecular weight is 292 g/mol. The van der Waals surface area contributed by atoms with Crippen molar-refractivity contribution in [3.8, 4) is 0 Å². The normalized spacial score (nSPS) is 11.8. The van der Waals surface area contributed by atoms with Crippen molar-refractivity contribution in [1.82, 2.24) is 0 Å². The molecule has 0 unspecified atom stereocenters. The van der Waals surface area contributed by atoms with Gasteiger partial charge in [0, 0.05) is 0 Å². The first-order chi connectivity index (χ1) is 9.94. The maximum atomic E-state index is 3.96. The fourth-order valence-corrected chi connectivity index (χ4v) is 9.24. The third kappa shape index (κ3) is 2.55. The third-order valence-corrected chi connectivity index (χ3v) is 10.3. The van der Waals surface area contributed by atoms with E-state index in [0.29, 0.717) is 0 Å². The molecule has 108 valence electrons. The second-order valence-corrected chi connectivity index (χ2v) is 11.4. The molecule has 2 aromatic carbocycles. The lowest BCUT2D eigenvalue weighted by Crippen LogP contribution is -2.65. The molecule has 0 amide bonds. The predicted octanol–water partition coefficient (Wildman–Crippen LogP) is 4.32. The van der Waals surface area contributed by atoms with Crippen molar-refractivity contribution in [2.45, 2.75) is 32.7 Å². The van der Waals surface area contributed by atoms with Crippen LogP contribution in [-0.2, 0) is 0 Å². The molecule has 2 aromatic rings. The van der Waals surface area contributed by atoms with Crippen LogP contribution in [0.15, 0.2) is 78.2 Å². The summed E-state index contributed by atoms with van der Waals surface area (Å²) < 4.78 is 0. The topological polar surface area (TPSA) is 0 Å². The SMILES string of the molecule is C=C=C(C)[Si](c1ccccc1)(c1ccccc1)C(C)(C)C. The molecule has 0 spiro atoms. The molecule has 0 saturated carbocycles. The summed E-state index contributed by atoms with van der Waals surface area (Å²) in [5, 5.41) is 4.30. The zero-order valence-electron chi connectivity index (χ0n) is 13.5. The summed E-state index contributed by atoms with van der Waals surface area (Å²) in [6, 6.07) is 21.8. The van der Waals surface area contributed by atoms with Gasteiger partial charge in [-0.1, -0.05) is 88.0 Å². The van der Waals surface area contributed by atoms with Gasteiger partial charge in [0.2, 0.25) is 0 Å². The number of allylic oxidation sites excluding steroid dienone is 1. The van der Waals surface area contributed by atoms with Crippen LogP contribution in [0.5, 0.6) is 0 Å². The lowest BCUT2D eigenvalue weighted by molar-refractivity contribution is 0.735. The molecule has 0 fully saturated rings. The Hall–Kier alpha value is -1.82. The summed E-state index contributed by atoms with van der Waals surface area (Å²) in [7, 11) is -2.11. The van der Waals surface area contributed by atoms with Crippen molar-refractivity contribution < 1.29 is 0 Å². The van der Waals surface area contributed by atoms with Crippen LogP contribution in [0.25, 0.3) is 0 Å². The molecule has 21 heavy (non-hydrogen) atoms. The summed E-state index contributed by atoms with van der Waals surface area (Å²) in [6.45, 7) is 13.2. The van der Waals surface area contributed by atoms with Gasteiger partial charge in [0.1, 0.15) is 0 Å². The molecule has 0 heterocycles. The summed E-state index contributed by atoms with van der Waals surface area (Å²) in [6.07, 6.45) is 0. The zero-order valence-corrected chi connectivity index (χ0v) is 14.5. The monoisotopic (exact) mass is 292 g/mol. The molecule has 0 saturated heterocycles. The highest BCUT2D eigenvalue weighted by atomic mass is 28.3. The lowest BCUT2D eigenvalue weighted by Gasteiger charge is -2.44. The Bertz CT molecular complexity index is 602. The molecule has 0 aromatic heterocycles. The first-order valence-corrected chi connectivity index (χ1v) is 9.42. The van der Waals surface area contributed by atoms with E-state index in [1.807, 2.05) is 0 Å². The third-order valence-electron chi connectivity index (χ3n) is 4.37. The van der Waals surface area contributed by atoms with Crippen LogP contribution in [0, 0.1) is 0 Å². The molecule has 0 bridgehead atoms. The van der Waals surface area contributed by atoms with Crippen molar-refractivity contribution in [2.24, 2.45) is 0 Å². The number of hydrogen-bond acceptors (Lipinski definition) is 0. The standard InChI is InChI=1S/C20H24Si/c1-6-17(2)21(20(3,4)5,18-13-9-7-10-14-18)19-15-11-8-12-16-19/h7-16H,1H2,2-5H3. The van der Waals surface area contributed by atoms with Gasteiger partial charge in [-0.2, -0.15) is 0 Å². The van der Waals surface area contributed by atoms with Crippen molar-refractivity contribution in [3.05, 3.63) is 78.2 Å². The van der Waals surface area contributed by atoms with E-state index in [9.17, 15) is 0 Å². The Kier molecular flexibility index (Phi) is 4.36. The van der Waals surface area contributed by atoms with E-state index in [2.05, 4.69) is 101 Å². The van der Waals surface area contributed by atoms with Crippen LogP contribution in [0.2, 0.25) is 5.04 Å². The van der Waals surface area contributed by atoms with Gasteiger partial charge in [-0.25, -0.2) is 0 Å². The highest BCUT2D eigenvalue weighted by molar-refractivity contribution is 7.09. The van der Waals surface area contributed by atoms with E-state index in [1.165, 1.54) is 15.6 Å². The molecular weight excluding hydrogens is 268 g/mol. The van der Waals surface area contributed by atoms with Crippen LogP contribution in [0.1, 0.15) is 27.7 Å². The molecule has 0 aliphatic carbocycles. The fraction of sp³-hybridized carbons (Fsp3) is 0.250. The smallest absolute Gasteiger partial charge is 0.133 e. The number of hydrogen-bond donors (Lipinski definition) is 0. The van der Waals surface area contributed by atoms with E-state index in [-0.39, 0.29) is 5.04 Å². The number of benzene rings is 2. The molecule has 0 nitrogen and oxygen atoms in total. The van der Waals surface area contributed by atoms with E-state index in [1.54, 1.807) is 0 Å². The molecule has 0 aliphatic rings. The Morgan fingerprint density at radius 2 is 1.24 bits per heavy atom. The minimum Gasteiger partial charge on any atom is -0.133 e. The second kappa shape index (κ2) is 5.89. The summed E-state index contributed by atoms with van der Waals surface area (Å²) in [5.74, 6) is 0. The molecule has 2 rings (SSSR count). The van der Waals surface area contributed by atoms with Gasteiger partial charge in [-0.05, 0) is 27.5 Å². The largest absolute Gasteiger partial charge is 0.157 e. The van der Waals surface area contributed by atoms with Crippen LogP contribution < -0.4 is 10.4 Å². The number of rotatable bonds is 3. The maximum absolute atomic E-state index is 3.96. The quantitative estimate of drug-likeness (QED) is 0.584. The Morgan fingerprint density at radius 1 is 0.857 bits per heavy atom. The average Bonchev–Trinajstić information content (AvgIpc) is 2.48. The molecule has 0 aliphatic heterocycles. The van der Waals surface area contributed by atoms with Crippen molar-refractivity contribution >= 4 is 18.4 Å². The first-order valence-electron chi connectivity index (χ1n) is 7.42. The summed E-state index contributed by atoms with van der Waals surface area (Å²) >= 11 is 0. The van der Waals surface area contributed by atoms with Gasteiger partial charge in [-0.15, -0.1) is 5.73 Å². The highest BCUT2D eigenvalue weighted by Gasteiger charge is 2.49. The Labute approximate surface area is 129 Å². The van der Waals surface area contributed by atoms with Gasteiger partial charge in [0.15, 0.2) is 8.07 Å². The second-order valence-electron chi connectivity index (χ2n) is 6.53. The predicted molar refractivity (Wildman–Crippen MR) is 95.9 cm³/mol. The van der Waals surface area contributed by atoms with E-state index in [4.69, 9.17) is 0 Å². The van der Waals surface area contributed by atoms with Crippen molar-refractivity contribution in [1.29, 1.82) is 0 Å². The molecule has 0 N–H and O–H groups in total. The van der Waals surface area contributed by atoms with E-state index in [0.717, 1.165) is 0 Å². The minimum atomic E-state index is -2.11. The Morgan fingerprint density at radius 3 is 1.52 bits per heavy atom. The van der Waals surface area contributed by atoms with Gasteiger partial charge in [0.05, 0.1) is 0 Å². The first kappa shape index (κ1) is 15.6. The Balaban J connectivity index is 2.90. The van der Waals surface area contributed by atoms with E-state index >= 15 is 0 Å². The van der Waals surface area contributed by atoms with Crippen molar-refractivity contribution in [3.63, 3.8) is 0 Å². The summed E-state index contributed by atoms with van der Waals surface area (Å²) in [4.78, 5) is 0. The molecular formula is C20H24Si. The van der Waals surface area contributed by atoms with Crippen LogP contribution >= 0.6 is 0 Å². The van der Waals surface area contributed by atoms with Crippen LogP contribution in [0.4, 0.5) is 0 Å². The minimum absolute atomic E-state index is 0.143. The van der Waals surface area contributed by atoms with Crippen LogP contribution in [-0.4, -0.2) is 8.07 Å². The van der Waals surface area contributed by atoms with Crippen LogP contribution in [0.3, 0.4) is 0 Å². The van der Waals surface area contributed by atoms with Crippen molar-refractivity contribution in [2.75, 3.05) is 0 Å². The highest BCUT2D eigenvalue weighted by Crippen LogP contribution is 2.39. The van der Waals surface area contributed by atoms with Gasteiger partial charge < -0.3 is 0 Å². The van der Waals surface area contributed by atoms with Gasteiger partial charge >= 0.3 is 0 Å². The fourth-order valence-electron chi connectivity index (χ4n) is 3.54. The lowest BCUT2D eigenvalue weighted by atomic mass is 10.2. The molecule has 1 heteroatoms. The molecule has 0 atom stereocenters.